The number of sulfonamides is 1. The third-order valence-electron chi connectivity index (χ3n) is 8.68. The number of hydrogen-bond donors (Lipinski definition) is 1. The molecule has 0 amide bonds. The number of thiophene rings is 1. The zero-order valence-electron chi connectivity index (χ0n) is 24.7. The van der Waals surface area contributed by atoms with E-state index in [1.165, 1.54) is 21.7 Å². The number of carboxylic acid groups (broad SMARTS) is 1. The molecule has 0 spiro atoms. The summed E-state index contributed by atoms with van der Waals surface area (Å²) in [5.41, 5.74) is 2.52. The lowest BCUT2D eigenvalue weighted by molar-refractivity contribution is 0.0697. The summed E-state index contributed by atoms with van der Waals surface area (Å²) in [6.07, 6.45) is 5.21. The second kappa shape index (κ2) is 12.2. The number of benzene rings is 2. The smallest absolute Gasteiger partial charge is 0.348 e. The van der Waals surface area contributed by atoms with Gasteiger partial charge in [-0.1, -0.05) is 37.5 Å². The number of para-hydroxylation sites is 1. The van der Waals surface area contributed by atoms with Crippen molar-refractivity contribution in [2.45, 2.75) is 63.5 Å². The van der Waals surface area contributed by atoms with Gasteiger partial charge in [-0.3, -0.25) is 0 Å². The van der Waals surface area contributed by atoms with Crippen LogP contribution in [0.2, 0.25) is 0 Å². The van der Waals surface area contributed by atoms with Crippen LogP contribution in [0.5, 0.6) is 5.75 Å². The molecule has 6 rings (SSSR count). The van der Waals surface area contributed by atoms with Gasteiger partial charge in [0.1, 0.15) is 33.0 Å². The summed E-state index contributed by atoms with van der Waals surface area (Å²) < 4.78 is 51.5. The van der Waals surface area contributed by atoms with Gasteiger partial charge >= 0.3 is 5.97 Å². The van der Waals surface area contributed by atoms with Gasteiger partial charge in [0.2, 0.25) is 10.0 Å². The Morgan fingerprint density at radius 3 is 2.45 bits per heavy atom. The summed E-state index contributed by atoms with van der Waals surface area (Å²) in [5.74, 6) is -1.74. The summed E-state index contributed by atoms with van der Waals surface area (Å²) in [4.78, 5) is 19.3. The van der Waals surface area contributed by atoms with E-state index in [0.29, 0.717) is 23.5 Å². The zero-order valence-corrected chi connectivity index (χ0v) is 27.2. The number of hydrogen-bond acceptors (Lipinski definition) is 8. The summed E-state index contributed by atoms with van der Waals surface area (Å²) in [7, 11) is -2.36. The summed E-state index contributed by atoms with van der Waals surface area (Å²) in [6, 6.07) is 13.8. The van der Waals surface area contributed by atoms with Crippen LogP contribution in [0.4, 0.5) is 15.8 Å². The number of aromatic carboxylic acids is 1. The van der Waals surface area contributed by atoms with Gasteiger partial charge in [-0.25, -0.2) is 22.6 Å². The van der Waals surface area contributed by atoms with Crippen molar-refractivity contribution in [1.82, 2.24) is 9.29 Å². The number of anilines is 2. The van der Waals surface area contributed by atoms with E-state index in [1.54, 1.807) is 13.1 Å². The van der Waals surface area contributed by atoms with Crippen molar-refractivity contribution in [3.8, 4) is 16.2 Å². The Hall–Kier alpha value is -3.32. The topological polar surface area (TPSA) is 100 Å². The number of aromatic nitrogens is 1. The summed E-state index contributed by atoms with van der Waals surface area (Å²) in [5, 5.41) is 10.3. The van der Waals surface area contributed by atoms with E-state index in [9.17, 15) is 22.7 Å². The highest BCUT2D eigenvalue weighted by atomic mass is 32.2. The molecule has 3 heterocycles. The quantitative estimate of drug-likeness (QED) is 0.219. The number of thiazole rings is 1. The second-order valence-corrected chi connectivity index (χ2v) is 15.7. The maximum absolute atomic E-state index is 14.8. The molecule has 1 atom stereocenters. The third kappa shape index (κ3) is 5.76. The molecule has 232 valence electrons. The van der Waals surface area contributed by atoms with Crippen LogP contribution in [0.3, 0.4) is 0 Å². The summed E-state index contributed by atoms with van der Waals surface area (Å²) in [6.45, 7) is 4.48. The Morgan fingerprint density at radius 2 is 1.82 bits per heavy atom. The highest BCUT2D eigenvalue weighted by Crippen LogP contribution is 2.47. The minimum absolute atomic E-state index is 0.0659. The number of rotatable bonds is 7. The van der Waals surface area contributed by atoms with Crippen LogP contribution in [-0.4, -0.2) is 48.4 Å². The lowest BCUT2D eigenvalue weighted by atomic mass is 9.83. The normalized spacial score (nSPS) is 19.0. The van der Waals surface area contributed by atoms with E-state index in [-0.39, 0.29) is 28.3 Å². The first-order chi connectivity index (χ1) is 21.0. The largest absolute Gasteiger partial charge is 0.486 e. The number of likely N-dealkylation sites (N-methyl/N-ethyl adjacent to an activating group) is 1. The molecule has 0 unspecified atom stereocenters. The van der Waals surface area contributed by atoms with Crippen molar-refractivity contribution in [1.29, 1.82) is 0 Å². The lowest BCUT2D eigenvalue weighted by Crippen LogP contribution is -2.46. The molecule has 1 N–H and O–H groups in total. The second-order valence-electron chi connectivity index (χ2n) is 11.4. The van der Waals surface area contributed by atoms with Gasteiger partial charge in [0, 0.05) is 46.7 Å². The molecule has 2 aliphatic rings. The van der Waals surface area contributed by atoms with Gasteiger partial charge in [0.25, 0.3) is 0 Å². The van der Waals surface area contributed by atoms with Crippen LogP contribution in [-0.2, 0) is 16.6 Å². The van der Waals surface area contributed by atoms with Crippen LogP contribution in [0.25, 0.3) is 10.4 Å². The van der Waals surface area contributed by atoms with Gasteiger partial charge < -0.3 is 14.7 Å². The molecule has 1 saturated carbocycles. The van der Waals surface area contributed by atoms with Gasteiger partial charge in [-0.15, -0.1) is 22.7 Å². The maximum Gasteiger partial charge on any atom is 0.348 e. The van der Waals surface area contributed by atoms with E-state index in [4.69, 9.17) is 4.74 Å². The number of fused-ring (bicyclic) bond motifs is 1. The van der Waals surface area contributed by atoms with Gasteiger partial charge in [-0.05, 0) is 56.9 Å². The molecule has 4 aromatic rings. The highest BCUT2D eigenvalue weighted by molar-refractivity contribution is 7.89. The predicted molar refractivity (Wildman–Crippen MR) is 171 cm³/mol. The molecule has 1 fully saturated rings. The molecule has 2 aromatic carbocycles. The Kier molecular flexibility index (Phi) is 8.53. The number of ether oxygens (including phenoxy) is 1. The fourth-order valence-electron chi connectivity index (χ4n) is 6.22. The molecular formula is C32H34FN3O5S3. The molecule has 1 aliphatic carbocycles. The number of carbonyl (C=O) groups is 1. The predicted octanol–water partition coefficient (Wildman–Crippen LogP) is 7.63. The molecule has 2 aromatic heterocycles. The van der Waals surface area contributed by atoms with Crippen molar-refractivity contribution in [2.24, 2.45) is 5.92 Å². The number of carboxylic acids is 1. The number of halogens is 1. The Balaban J connectivity index is 1.55. The average molecular weight is 656 g/mol. The third-order valence-corrected chi connectivity index (χ3v) is 12.8. The zero-order chi connectivity index (χ0) is 31.2. The first-order valence-electron chi connectivity index (χ1n) is 14.6. The fraction of sp³-hybridized carbons (Fsp3) is 0.375. The monoisotopic (exact) mass is 655 g/mol. The van der Waals surface area contributed by atoms with Crippen molar-refractivity contribution in [2.75, 3.05) is 18.5 Å². The molecule has 0 radical (unpaired) electrons. The van der Waals surface area contributed by atoms with E-state index in [1.807, 2.05) is 49.1 Å². The van der Waals surface area contributed by atoms with Crippen molar-refractivity contribution < 1.29 is 27.4 Å². The maximum atomic E-state index is 14.8. The van der Waals surface area contributed by atoms with Crippen molar-refractivity contribution >= 4 is 50.0 Å². The SMILES string of the molecule is Cc1nc(COc2cc3c(cc2-c2cc(F)c(C(=O)O)s2)S(=O)(=O)N(C)[C@H](C2CCCCC2)CN3c2ccccc2)sc1C. The molecule has 12 heteroatoms. The standard InChI is InChI=1S/C32H34FN3O5S3/c1-19-20(2)42-30(34-19)18-41-27-16-25-29(14-23(27)28-15-24(33)31(43-28)32(37)38)44(39,40)35(3)26(21-10-6-4-7-11-21)17-36(25)22-12-8-5-9-13-22/h5,8-9,12-16,21,26H,4,6-7,10-11,17-18H2,1-3H3,(H,37,38)/t26-/m0/s1. The van der Waals surface area contributed by atoms with Crippen LogP contribution < -0.4 is 9.64 Å². The number of nitrogens with zero attached hydrogens (tertiary/aromatic N) is 3. The fourth-order valence-corrected chi connectivity index (χ4v) is 9.57. The minimum atomic E-state index is -4.01. The molecule has 44 heavy (non-hydrogen) atoms. The van der Waals surface area contributed by atoms with E-state index in [2.05, 4.69) is 4.98 Å². The number of aryl methyl sites for hydroxylation is 2. The Labute approximate surface area is 264 Å². The first-order valence-corrected chi connectivity index (χ1v) is 17.7. The highest BCUT2D eigenvalue weighted by Gasteiger charge is 2.41. The Bertz CT molecular complexity index is 1780. The van der Waals surface area contributed by atoms with E-state index >= 15 is 0 Å². The molecular weight excluding hydrogens is 622 g/mol. The first kappa shape index (κ1) is 30.7. The van der Waals surface area contributed by atoms with Crippen molar-refractivity contribution in [3.05, 3.63) is 74.8 Å². The van der Waals surface area contributed by atoms with Crippen LogP contribution in [0.15, 0.2) is 53.4 Å². The molecule has 0 saturated heterocycles. The lowest BCUT2D eigenvalue weighted by Gasteiger charge is -2.36. The van der Waals surface area contributed by atoms with Crippen LogP contribution in [0, 0.1) is 25.6 Å². The van der Waals surface area contributed by atoms with Gasteiger partial charge in [0.15, 0.2) is 0 Å². The summed E-state index contributed by atoms with van der Waals surface area (Å²) >= 11 is 2.26. The Morgan fingerprint density at radius 1 is 1.09 bits per heavy atom. The van der Waals surface area contributed by atoms with E-state index < -0.39 is 26.7 Å². The molecule has 0 bridgehead atoms. The minimum Gasteiger partial charge on any atom is -0.486 e. The average Bonchev–Trinajstić information content (AvgIpc) is 3.55. The molecule has 1 aliphatic heterocycles. The van der Waals surface area contributed by atoms with Gasteiger partial charge in [0.05, 0.1) is 11.4 Å². The van der Waals surface area contributed by atoms with Crippen LogP contribution >= 0.6 is 22.7 Å². The van der Waals surface area contributed by atoms with Gasteiger partial charge in [-0.2, -0.15) is 4.31 Å². The molecule has 8 nitrogen and oxygen atoms in total. The van der Waals surface area contributed by atoms with Crippen molar-refractivity contribution in [3.63, 3.8) is 0 Å². The van der Waals surface area contributed by atoms with E-state index in [0.717, 1.165) is 70.8 Å². The van der Waals surface area contributed by atoms with Crippen LogP contribution in [0.1, 0.15) is 57.4 Å².